The second-order valence-electron chi connectivity index (χ2n) is 4.58. The highest BCUT2D eigenvalue weighted by atomic mass is 19.1. The van der Waals surface area contributed by atoms with Crippen LogP contribution < -0.4 is 10.6 Å². The Morgan fingerprint density at radius 3 is 2.43 bits per heavy atom. The average Bonchev–Trinajstić information content (AvgIpc) is 2.48. The first-order valence-corrected chi connectivity index (χ1v) is 6.66. The molecule has 5 heteroatoms. The number of rotatable bonds is 4. The molecule has 0 radical (unpaired) electrons. The van der Waals surface area contributed by atoms with Crippen molar-refractivity contribution in [2.24, 2.45) is 5.73 Å². The Hall–Kier alpha value is -2.40. The molecule has 0 saturated carbocycles. The van der Waals surface area contributed by atoms with Crippen LogP contribution in [-0.4, -0.2) is 17.6 Å². The van der Waals surface area contributed by atoms with E-state index in [0.717, 1.165) is 17.7 Å². The summed E-state index contributed by atoms with van der Waals surface area (Å²) in [5.41, 5.74) is 7.28. The third-order valence-electron chi connectivity index (χ3n) is 3.24. The molecule has 0 aliphatic heterocycles. The number of nitrogens with zero attached hydrogens (tertiary/aromatic N) is 1. The fraction of sp³-hybridized carbons (Fsp3) is 0.188. The van der Waals surface area contributed by atoms with Crippen molar-refractivity contribution in [3.8, 4) is 5.75 Å². The molecule has 0 heterocycles. The highest BCUT2D eigenvalue weighted by Crippen LogP contribution is 2.23. The Balaban J connectivity index is 2.33. The van der Waals surface area contributed by atoms with Crippen molar-refractivity contribution in [1.29, 1.82) is 0 Å². The largest absolute Gasteiger partial charge is 0.507 e. The number of benzene rings is 2. The van der Waals surface area contributed by atoms with E-state index in [2.05, 4.69) is 0 Å². The van der Waals surface area contributed by atoms with Gasteiger partial charge in [0.2, 0.25) is 0 Å². The van der Waals surface area contributed by atoms with Crippen LogP contribution in [0.3, 0.4) is 0 Å². The maximum atomic E-state index is 13.0. The summed E-state index contributed by atoms with van der Waals surface area (Å²) in [5, 5.41) is 9.73. The highest BCUT2D eigenvalue weighted by molar-refractivity contribution is 6.07. The van der Waals surface area contributed by atoms with Gasteiger partial charge in [0.1, 0.15) is 11.6 Å². The number of aromatic hydroxyl groups is 1. The minimum atomic E-state index is -0.584. The summed E-state index contributed by atoms with van der Waals surface area (Å²) in [6.45, 7) is 2.69. The summed E-state index contributed by atoms with van der Waals surface area (Å²) in [6, 6.07) is 10.6. The van der Waals surface area contributed by atoms with E-state index in [4.69, 9.17) is 5.73 Å². The van der Waals surface area contributed by atoms with Gasteiger partial charge in [0, 0.05) is 24.8 Å². The van der Waals surface area contributed by atoms with Crippen molar-refractivity contribution < 1.29 is 14.3 Å². The molecule has 0 saturated heterocycles. The SMILES string of the molecule is CCN(C(=O)c1ccc(F)cc1O)c1ccc(CN)cc1. The fourth-order valence-electron chi connectivity index (χ4n) is 2.09. The smallest absolute Gasteiger partial charge is 0.262 e. The molecule has 0 spiro atoms. The lowest BCUT2D eigenvalue weighted by Crippen LogP contribution is -2.30. The molecule has 0 fully saturated rings. The van der Waals surface area contributed by atoms with Gasteiger partial charge in [-0.25, -0.2) is 4.39 Å². The van der Waals surface area contributed by atoms with Gasteiger partial charge in [-0.1, -0.05) is 12.1 Å². The first-order chi connectivity index (χ1) is 10.1. The number of anilines is 1. The standard InChI is InChI=1S/C16H17FN2O2/c1-2-19(13-6-3-11(10-18)4-7-13)16(21)14-8-5-12(17)9-15(14)20/h3-9,20H,2,10,18H2,1H3. The lowest BCUT2D eigenvalue weighted by molar-refractivity contribution is 0.0985. The van der Waals surface area contributed by atoms with Crippen molar-refractivity contribution >= 4 is 11.6 Å². The van der Waals surface area contributed by atoms with Gasteiger partial charge in [0.25, 0.3) is 5.91 Å². The lowest BCUT2D eigenvalue weighted by atomic mass is 10.1. The van der Waals surface area contributed by atoms with E-state index in [1.165, 1.54) is 11.0 Å². The van der Waals surface area contributed by atoms with E-state index in [9.17, 15) is 14.3 Å². The third-order valence-corrected chi connectivity index (χ3v) is 3.24. The maximum Gasteiger partial charge on any atom is 0.262 e. The molecule has 21 heavy (non-hydrogen) atoms. The minimum Gasteiger partial charge on any atom is -0.507 e. The van der Waals surface area contributed by atoms with Crippen LogP contribution in [0.15, 0.2) is 42.5 Å². The summed E-state index contributed by atoms with van der Waals surface area (Å²) < 4.78 is 13.0. The highest BCUT2D eigenvalue weighted by Gasteiger charge is 2.19. The summed E-state index contributed by atoms with van der Waals surface area (Å²) in [4.78, 5) is 14.0. The van der Waals surface area contributed by atoms with Crippen LogP contribution in [-0.2, 0) is 6.54 Å². The van der Waals surface area contributed by atoms with Crippen LogP contribution in [0.1, 0.15) is 22.8 Å². The van der Waals surface area contributed by atoms with Crippen molar-refractivity contribution in [3.63, 3.8) is 0 Å². The van der Waals surface area contributed by atoms with Crippen molar-refractivity contribution in [1.82, 2.24) is 0 Å². The molecule has 0 bridgehead atoms. The first-order valence-electron chi connectivity index (χ1n) is 6.66. The summed E-state index contributed by atoms with van der Waals surface area (Å²) in [7, 11) is 0. The van der Waals surface area contributed by atoms with E-state index in [1.54, 1.807) is 12.1 Å². The molecule has 0 aliphatic rings. The average molecular weight is 288 g/mol. The van der Waals surface area contributed by atoms with E-state index in [-0.39, 0.29) is 17.2 Å². The summed E-state index contributed by atoms with van der Waals surface area (Å²) in [5.74, 6) is -1.33. The topological polar surface area (TPSA) is 66.6 Å². The van der Waals surface area contributed by atoms with Gasteiger partial charge in [0.15, 0.2) is 0 Å². The minimum absolute atomic E-state index is 0.0705. The Labute approximate surface area is 122 Å². The molecule has 1 amide bonds. The molecule has 3 N–H and O–H groups in total. The predicted molar refractivity (Wildman–Crippen MR) is 79.7 cm³/mol. The van der Waals surface area contributed by atoms with Crippen molar-refractivity contribution in [2.45, 2.75) is 13.5 Å². The Morgan fingerprint density at radius 1 is 1.24 bits per heavy atom. The number of phenolic OH excluding ortho intramolecular Hbond substituents is 1. The molecule has 0 unspecified atom stereocenters. The third kappa shape index (κ3) is 3.20. The van der Waals surface area contributed by atoms with Gasteiger partial charge in [-0.15, -0.1) is 0 Å². The Morgan fingerprint density at radius 2 is 1.90 bits per heavy atom. The van der Waals surface area contributed by atoms with Crippen LogP contribution in [0.5, 0.6) is 5.75 Å². The fourth-order valence-corrected chi connectivity index (χ4v) is 2.09. The van der Waals surface area contributed by atoms with Crippen LogP contribution in [0.2, 0.25) is 0 Å². The zero-order valence-electron chi connectivity index (χ0n) is 11.7. The van der Waals surface area contributed by atoms with Gasteiger partial charge < -0.3 is 15.7 Å². The number of hydrogen-bond acceptors (Lipinski definition) is 3. The monoisotopic (exact) mass is 288 g/mol. The molecule has 0 aliphatic carbocycles. The molecule has 0 aromatic heterocycles. The molecule has 4 nitrogen and oxygen atoms in total. The van der Waals surface area contributed by atoms with Gasteiger partial charge in [-0.2, -0.15) is 0 Å². The molecule has 110 valence electrons. The lowest BCUT2D eigenvalue weighted by Gasteiger charge is -2.21. The van der Waals surface area contributed by atoms with Crippen molar-refractivity contribution in [2.75, 3.05) is 11.4 Å². The Bertz CT molecular complexity index is 641. The Kier molecular flexibility index (Phi) is 4.55. The van der Waals surface area contributed by atoms with E-state index in [1.807, 2.05) is 19.1 Å². The summed E-state index contributed by atoms with van der Waals surface area (Å²) in [6.07, 6.45) is 0. The second-order valence-corrected chi connectivity index (χ2v) is 4.58. The number of amides is 1. The van der Waals surface area contributed by atoms with Gasteiger partial charge in [-0.05, 0) is 36.8 Å². The zero-order valence-corrected chi connectivity index (χ0v) is 11.7. The number of nitrogens with two attached hydrogens (primary N) is 1. The van der Waals surface area contributed by atoms with Crippen LogP contribution in [0.4, 0.5) is 10.1 Å². The summed E-state index contributed by atoms with van der Waals surface area (Å²) >= 11 is 0. The molecule has 0 atom stereocenters. The van der Waals surface area contributed by atoms with E-state index in [0.29, 0.717) is 18.8 Å². The van der Waals surface area contributed by atoms with E-state index >= 15 is 0 Å². The van der Waals surface area contributed by atoms with Gasteiger partial charge >= 0.3 is 0 Å². The van der Waals surface area contributed by atoms with E-state index < -0.39 is 5.82 Å². The quantitative estimate of drug-likeness (QED) is 0.909. The zero-order chi connectivity index (χ0) is 15.4. The predicted octanol–water partition coefficient (Wildman–Crippen LogP) is 2.66. The number of hydrogen-bond donors (Lipinski definition) is 2. The van der Waals surface area contributed by atoms with Crippen LogP contribution in [0.25, 0.3) is 0 Å². The maximum absolute atomic E-state index is 13.0. The molecule has 2 aromatic rings. The normalized spacial score (nSPS) is 10.4. The number of carbonyl (C=O) groups is 1. The second kappa shape index (κ2) is 6.37. The number of carbonyl (C=O) groups excluding carboxylic acids is 1. The number of phenols is 1. The molecular weight excluding hydrogens is 271 g/mol. The molecule has 2 rings (SSSR count). The number of halogens is 1. The molecular formula is C16H17FN2O2. The van der Waals surface area contributed by atoms with Crippen LogP contribution >= 0.6 is 0 Å². The van der Waals surface area contributed by atoms with Gasteiger partial charge in [0.05, 0.1) is 5.56 Å². The first kappa shape index (κ1) is 15.0. The van der Waals surface area contributed by atoms with Crippen LogP contribution in [0, 0.1) is 5.82 Å². The molecule has 2 aromatic carbocycles. The van der Waals surface area contributed by atoms with Gasteiger partial charge in [-0.3, -0.25) is 4.79 Å². The van der Waals surface area contributed by atoms with Crippen molar-refractivity contribution in [3.05, 3.63) is 59.4 Å².